The summed E-state index contributed by atoms with van der Waals surface area (Å²) in [6.45, 7) is 2.31. The van der Waals surface area contributed by atoms with Gasteiger partial charge in [-0.2, -0.15) is 13.2 Å². The van der Waals surface area contributed by atoms with E-state index in [4.69, 9.17) is 9.94 Å². The van der Waals surface area contributed by atoms with E-state index in [0.29, 0.717) is 18.8 Å². The fourth-order valence-corrected chi connectivity index (χ4v) is 3.38. The molecule has 5 nitrogen and oxygen atoms in total. The van der Waals surface area contributed by atoms with Crippen molar-refractivity contribution in [2.45, 2.75) is 32.7 Å². The molecule has 0 aliphatic carbocycles. The van der Waals surface area contributed by atoms with Crippen LogP contribution in [0, 0.1) is 11.6 Å². The molecule has 2 N–H and O–H groups in total. The number of carbonyl (C=O) groups is 1. The minimum Gasteiger partial charge on any atom is -0.481 e. The summed E-state index contributed by atoms with van der Waals surface area (Å²) >= 11 is 0. The molecular formula is C26H23F5N2O3. The van der Waals surface area contributed by atoms with E-state index in [1.165, 1.54) is 12.1 Å². The second-order valence-corrected chi connectivity index (χ2v) is 7.97. The first kappa shape index (κ1) is 26.8. The summed E-state index contributed by atoms with van der Waals surface area (Å²) < 4.78 is 67.8. The third-order valence-corrected chi connectivity index (χ3v) is 5.27. The van der Waals surface area contributed by atoms with Gasteiger partial charge in [0.1, 0.15) is 6.61 Å². The first-order valence-corrected chi connectivity index (χ1v) is 10.9. The largest absolute Gasteiger partial charge is 0.481 e. The molecule has 36 heavy (non-hydrogen) atoms. The summed E-state index contributed by atoms with van der Waals surface area (Å²) in [6.07, 6.45) is -4.70. The van der Waals surface area contributed by atoms with E-state index in [1.807, 2.05) is 12.1 Å². The fourth-order valence-electron chi connectivity index (χ4n) is 3.38. The van der Waals surface area contributed by atoms with Crippen molar-refractivity contribution >= 4 is 11.7 Å². The number of carboxylic acids is 1. The van der Waals surface area contributed by atoms with Gasteiger partial charge in [-0.1, -0.05) is 47.6 Å². The van der Waals surface area contributed by atoms with Crippen LogP contribution in [-0.2, 0) is 29.0 Å². The molecule has 0 saturated carbocycles. The normalized spacial score (nSPS) is 12.0. The molecule has 0 spiro atoms. The lowest BCUT2D eigenvalue weighted by Crippen LogP contribution is -2.17. The predicted octanol–water partition coefficient (Wildman–Crippen LogP) is 6.16. The quantitative estimate of drug-likeness (QED) is 0.150. The molecule has 0 heterocycles. The predicted molar refractivity (Wildman–Crippen MR) is 124 cm³/mol. The number of carboxylic acid groups (broad SMARTS) is 1. The van der Waals surface area contributed by atoms with Gasteiger partial charge in [0.2, 0.25) is 0 Å². The molecule has 0 radical (unpaired) electrons. The van der Waals surface area contributed by atoms with Gasteiger partial charge in [0.15, 0.2) is 11.6 Å². The Morgan fingerprint density at radius 1 is 0.972 bits per heavy atom. The van der Waals surface area contributed by atoms with Gasteiger partial charge in [-0.3, -0.25) is 4.79 Å². The Morgan fingerprint density at radius 2 is 1.67 bits per heavy atom. The number of alkyl halides is 3. The molecule has 0 saturated heterocycles. The molecule has 0 aromatic heterocycles. The van der Waals surface area contributed by atoms with Crippen LogP contribution in [0.5, 0.6) is 0 Å². The molecule has 3 aromatic rings. The molecule has 190 valence electrons. The smallest absolute Gasteiger partial charge is 0.417 e. The summed E-state index contributed by atoms with van der Waals surface area (Å²) in [5, 5.41) is 15.6. The maximum absolute atomic E-state index is 13.7. The molecule has 3 aromatic carbocycles. The first-order valence-electron chi connectivity index (χ1n) is 10.9. The Hall–Kier alpha value is -3.79. The number of hydrogen-bond acceptors (Lipinski definition) is 4. The third kappa shape index (κ3) is 7.35. The van der Waals surface area contributed by atoms with Gasteiger partial charge in [-0.05, 0) is 52.9 Å². The number of halogens is 5. The highest BCUT2D eigenvalue weighted by Crippen LogP contribution is 2.38. The van der Waals surface area contributed by atoms with Crippen LogP contribution in [0.2, 0.25) is 0 Å². The van der Waals surface area contributed by atoms with E-state index in [1.54, 1.807) is 19.1 Å². The van der Waals surface area contributed by atoms with Gasteiger partial charge in [-0.25, -0.2) is 8.78 Å². The van der Waals surface area contributed by atoms with Crippen molar-refractivity contribution in [3.8, 4) is 11.1 Å². The Bertz CT molecular complexity index is 1240. The fraction of sp³-hybridized carbons (Fsp3) is 0.231. The Balaban J connectivity index is 1.66. The van der Waals surface area contributed by atoms with Crippen molar-refractivity contribution in [3.63, 3.8) is 0 Å². The van der Waals surface area contributed by atoms with Crippen molar-refractivity contribution in [2.75, 3.05) is 6.54 Å². The molecular weight excluding hydrogens is 483 g/mol. The lowest BCUT2D eigenvalue weighted by atomic mass is 9.97. The molecule has 0 atom stereocenters. The van der Waals surface area contributed by atoms with Gasteiger partial charge in [0, 0.05) is 13.1 Å². The molecule has 0 unspecified atom stereocenters. The Labute approximate surface area is 204 Å². The van der Waals surface area contributed by atoms with E-state index >= 15 is 0 Å². The van der Waals surface area contributed by atoms with E-state index in [9.17, 15) is 26.7 Å². The van der Waals surface area contributed by atoms with Crippen molar-refractivity contribution < 1.29 is 36.7 Å². The minimum absolute atomic E-state index is 0.0270. The average molecular weight is 506 g/mol. The Kier molecular flexibility index (Phi) is 8.76. The highest BCUT2D eigenvalue weighted by Gasteiger charge is 2.34. The molecule has 3 rings (SSSR count). The van der Waals surface area contributed by atoms with Crippen LogP contribution in [0.1, 0.15) is 35.6 Å². The maximum atomic E-state index is 13.7. The van der Waals surface area contributed by atoms with Crippen molar-refractivity contribution in [1.82, 2.24) is 5.32 Å². The van der Waals surface area contributed by atoms with Crippen molar-refractivity contribution in [2.24, 2.45) is 5.16 Å². The number of oxime groups is 1. The van der Waals surface area contributed by atoms with Gasteiger partial charge >= 0.3 is 12.1 Å². The average Bonchev–Trinajstić information content (AvgIpc) is 2.83. The lowest BCUT2D eigenvalue weighted by Gasteiger charge is -2.15. The molecule has 0 aliphatic heterocycles. The summed E-state index contributed by atoms with van der Waals surface area (Å²) in [5.41, 5.74) is 1.03. The van der Waals surface area contributed by atoms with Crippen LogP contribution in [0.25, 0.3) is 11.1 Å². The van der Waals surface area contributed by atoms with Gasteiger partial charge in [0.25, 0.3) is 0 Å². The highest BCUT2D eigenvalue weighted by atomic mass is 19.4. The van der Waals surface area contributed by atoms with Gasteiger partial charge < -0.3 is 15.3 Å². The number of aliphatic carboxylic acids is 1. The highest BCUT2D eigenvalue weighted by molar-refractivity contribution is 5.98. The van der Waals surface area contributed by atoms with Crippen molar-refractivity contribution in [3.05, 3.63) is 94.6 Å². The van der Waals surface area contributed by atoms with Crippen LogP contribution >= 0.6 is 0 Å². The topological polar surface area (TPSA) is 70.9 Å². The minimum atomic E-state index is -4.72. The lowest BCUT2D eigenvalue weighted by molar-refractivity contribution is -0.138. The van der Waals surface area contributed by atoms with Crippen LogP contribution in [-0.4, -0.2) is 23.3 Å². The maximum Gasteiger partial charge on any atom is 0.417 e. The van der Waals surface area contributed by atoms with E-state index < -0.39 is 29.3 Å². The monoisotopic (exact) mass is 506 g/mol. The number of hydrogen-bond donors (Lipinski definition) is 2. The van der Waals surface area contributed by atoms with Crippen LogP contribution in [0.15, 0.2) is 65.8 Å². The summed E-state index contributed by atoms with van der Waals surface area (Å²) in [7, 11) is 0. The first-order chi connectivity index (χ1) is 17.0. The van der Waals surface area contributed by atoms with Crippen LogP contribution in [0.3, 0.4) is 0 Å². The van der Waals surface area contributed by atoms with Crippen LogP contribution < -0.4 is 5.32 Å². The standard InChI is InChI=1S/C26H23F5N2O3/c1-16(19-5-2-17(3-6-19)14-32-11-10-25(34)35)33-36-15-18-4-8-21(22(12-18)26(29,30)31)20-7-9-23(27)24(28)13-20/h2-9,12-13,32H,10-11,14-15H2,1H3,(H,34,35)/b33-16+. The molecule has 0 fully saturated rings. The summed E-state index contributed by atoms with van der Waals surface area (Å²) in [4.78, 5) is 15.8. The zero-order chi connectivity index (χ0) is 26.3. The van der Waals surface area contributed by atoms with Gasteiger partial charge in [0.05, 0.1) is 17.7 Å². The third-order valence-electron chi connectivity index (χ3n) is 5.27. The van der Waals surface area contributed by atoms with E-state index in [2.05, 4.69) is 10.5 Å². The second-order valence-electron chi connectivity index (χ2n) is 7.97. The summed E-state index contributed by atoms with van der Waals surface area (Å²) in [5.74, 6) is -3.26. The zero-order valence-corrected chi connectivity index (χ0v) is 19.2. The number of rotatable bonds is 10. The molecule has 0 amide bonds. The van der Waals surface area contributed by atoms with Crippen LogP contribution in [0.4, 0.5) is 22.0 Å². The SMILES string of the molecule is C/C(=N\OCc1ccc(-c2ccc(F)c(F)c2)c(C(F)(F)F)c1)c1ccc(CNCCC(=O)O)cc1. The number of benzene rings is 3. The molecule has 10 heteroatoms. The Morgan fingerprint density at radius 3 is 2.31 bits per heavy atom. The zero-order valence-electron chi connectivity index (χ0n) is 19.2. The number of nitrogens with one attached hydrogen (secondary N) is 1. The summed E-state index contributed by atoms with van der Waals surface area (Å²) in [6, 6.07) is 13.4. The van der Waals surface area contributed by atoms with Crippen molar-refractivity contribution in [1.29, 1.82) is 0 Å². The number of nitrogens with zero attached hydrogens (tertiary/aromatic N) is 1. The van der Waals surface area contributed by atoms with E-state index in [-0.39, 0.29) is 29.7 Å². The molecule has 0 aliphatic rings. The van der Waals surface area contributed by atoms with E-state index in [0.717, 1.165) is 35.4 Å². The van der Waals surface area contributed by atoms with Gasteiger partial charge in [-0.15, -0.1) is 0 Å². The molecule has 0 bridgehead atoms. The second kappa shape index (κ2) is 11.8.